The lowest BCUT2D eigenvalue weighted by atomic mass is 9.81. The summed E-state index contributed by atoms with van der Waals surface area (Å²) in [5, 5.41) is 3.59. The van der Waals surface area contributed by atoms with Crippen LogP contribution in [0.5, 0.6) is 0 Å². The highest BCUT2D eigenvalue weighted by Gasteiger charge is 2.32. The summed E-state index contributed by atoms with van der Waals surface area (Å²) in [6, 6.07) is 2.82. The number of hydrogen-bond donors (Lipinski definition) is 1. The van der Waals surface area contributed by atoms with Crippen LogP contribution in [0.3, 0.4) is 0 Å². The molecular weight excluding hydrogens is 160 g/mol. The molecule has 0 radical (unpaired) electrons. The fraction of sp³-hybridized carbons (Fsp3) is 0.545. The predicted octanol–water partition coefficient (Wildman–Crippen LogP) is 1.68. The summed E-state index contributed by atoms with van der Waals surface area (Å²) in [6.45, 7) is 1.19. The normalized spacial score (nSPS) is 31.1. The van der Waals surface area contributed by atoms with Gasteiger partial charge in [0.1, 0.15) is 0 Å². The van der Waals surface area contributed by atoms with E-state index in [-0.39, 0.29) is 0 Å². The van der Waals surface area contributed by atoms with Gasteiger partial charge in [-0.05, 0) is 48.9 Å². The monoisotopic (exact) mass is 174 g/mol. The first-order valence-corrected chi connectivity index (χ1v) is 5.11. The van der Waals surface area contributed by atoms with Crippen LogP contribution in [0.25, 0.3) is 0 Å². The average Bonchev–Trinajstić information content (AvgIpc) is 2.65. The lowest BCUT2D eigenvalue weighted by Crippen LogP contribution is -2.23. The number of nitrogens with zero attached hydrogens (tertiary/aromatic N) is 1. The van der Waals surface area contributed by atoms with Gasteiger partial charge in [-0.2, -0.15) is 0 Å². The molecule has 2 heteroatoms. The zero-order chi connectivity index (χ0) is 8.67. The first-order valence-electron chi connectivity index (χ1n) is 5.11. The van der Waals surface area contributed by atoms with Crippen molar-refractivity contribution in [3.63, 3.8) is 0 Å². The van der Waals surface area contributed by atoms with E-state index in [1.807, 2.05) is 12.4 Å². The third kappa shape index (κ3) is 1.09. The smallest absolute Gasteiger partial charge is 0.0353 e. The van der Waals surface area contributed by atoms with Crippen molar-refractivity contribution in [2.75, 3.05) is 6.54 Å². The van der Waals surface area contributed by atoms with Crippen LogP contribution in [0.1, 0.15) is 30.0 Å². The first kappa shape index (κ1) is 7.51. The molecule has 0 saturated carbocycles. The van der Waals surface area contributed by atoms with Gasteiger partial charge in [0, 0.05) is 18.4 Å². The van der Waals surface area contributed by atoms with Crippen molar-refractivity contribution in [3.8, 4) is 0 Å². The summed E-state index contributed by atoms with van der Waals surface area (Å²) in [6.07, 6.45) is 7.88. The maximum Gasteiger partial charge on any atom is 0.0353 e. The number of aryl methyl sites for hydroxylation is 1. The van der Waals surface area contributed by atoms with Crippen LogP contribution in [0.15, 0.2) is 18.5 Å². The minimum Gasteiger partial charge on any atom is -0.310 e. The summed E-state index contributed by atoms with van der Waals surface area (Å²) >= 11 is 0. The van der Waals surface area contributed by atoms with Crippen molar-refractivity contribution in [2.24, 2.45) is 5.92 Å². The minimum absolute atomic E-state index is 0.631. The van der Waals surface area contributed by atoms with Crippen LogP contribution in [-0.2, 0) is 6.42 Å². The molecule has 68 valence electrons. The largest absolute Gasteiger partial charge is 0.310 e. The van der Waals surface area contributed by atoms with E-state index in [4.69, 9.17) is 0 Å². The van der Waals surface area contributed by atoms with Crippen LogP contribution in [0.2, 0.25) is 0 Å². The molecule has 13 heavy (non-hydrogen) atoms. The van der Waals surface area contributed by atoms with Crippen molar-refractivity contribution >= 4 is 0 Å². The van der Waals surface area contributed by atoms with E-state index in [0.29, 0.717) is 6.04 Å². The second-order valence-corrected chi connectivity index (χ2v) is 4.09. The Labute approximate surface area is 78.4 Å². The third-order valence-corrected chi connectivity index (χ3v) is 3.41. The van der Waals surface area contributed by atoms with Gasteiger partial charge in [-0.15, -0.1) is 0 Å². The highest BCUT2D eigenvalue weighted by Crippen LogP contribution is 2.38. The molecule has 2 unspecified atom stereocenters. The number of nitrogens with one attached hydrogen (secondary N) is 1. The Morgan fingerprint density at radius 3 is 3.38 bits per heavy atom. The molecule has 1 aliphatic heterocycles. The van der Waals surface area contributed by atoms with Gasteiger partial charge < -0.3 is 5.32 Å². The molecule has 0 bridgehead atoms. The van der Waals surface area contributed by atoms with Gasteiger partial charge in [0.15, 0.2) is 0 Å². The molecule has 3 rings (SSSR count). The van der Waals surface area contributed by atoms with Crippen LogP contribution >= 0.6 is 0 Å². The predicted molar refractivity (Wildman–Crippen MR) is 51.4 cm³/mol. The molecule has 2 atom stereocenters. The van der Waals surface area contributed by atoms with E-state index in [1.54, 1.807) is 0 Å². The number of pyridine rings is 1. The van der Waals surface area contributed by atoms with Gasteiger partial charge in [-0.1, -0.05) is 0 Å². The van der Waals surface area contributed by atoms with Crippen molar-refractivity contribution in [1.29, 1.82) is 0 Å². The Balaban J connectivity index is 2.06. The Morgan fingerprint density at radius 2 is 2.38 bits per heavy atom. The SMILES string of the molecule is c1cc2c(cn1)CCC1CCNC21. The Bertz CT molecular complexity index is 322. The van der Waals surface area contributed by atoms with Gasteiger partial charge in [0.05, 0.1) is 0 Å². The summed E-state index contributed by atoms with van der Waals surface area (Å²) in [5.41, 5.74) is 2.96. The summed E-state index contributed by atoms with van der Waals surface area (Å²) in [4.78, 5) is 4.18. The van der Waals surface area contributed by atoms with E-state index < -0.39 is 0 Å². The molecule has 2 heterocycles. The number of aromatic nitrogens is 1. The van der Waals surface area contributed by atoms with Crippen LogP contribution in [0.4, 0.5) is 0 Å². The number of rotatable bonds is 0. The fourth-order valence-electron chi connectivity index (χ4n) is 2.72. The highest BCUT2D eigenvalue weighted by molar-refractivity contribution is 5.30. The van der Waals surface area contributed by atoms with E-state index in [0.717, 1.165) is 5.92 Å². The standard InChI is InChI=1S/C11H14N2/c1-2-9-7-12-5-4-10(9)11-8(1)3-6-13-11/h4-5,7-8,11,13H,1-3,6H2. The fourth-order valence-corrected chi connectivity index (χ4v) is 2.72. The topological polar surface area (TPSA) is 24.9 Å². The van der Waals surface area contributed by atoms with Crippen molar-refractivity contribution in [1.82, 2.24) is 10.3 Å². The lowest BCUT2D eigenvalue weighted by molar-refractivity contribution is 0.405. The molecule has 1 aromatic heterocycles. The quantitative estimate of drug-likeness (QED) is 0.647. The second-order valence-electron chi connectivity index (χ2n) is 4.09. The van der Waals surface area contributed by atoms with E-state index in [2.05, 4.69) is 16.4 Å². The summed E-state index contributed by atoms with van der Waals surface area (Å²) in [5.74, 6) is 0.884. The number of hydrogen-bond acceptors (Lipinski definition) is 2. The van der Waals surface area contributed by atoms with Crippen molar-refractivity contribution in [2.45, 2.75) is 25.3 Å². The van der Waals surface area contributed by atoms with Crippen molar-refractivity contribution < 1.29 is 0 Å². The molecule has 1 aliphatic carbocycles. The Morgan fingerprint density at radius 1 is 1.38 bits per heavy atom. The molecule has 0 aromatic carbocycles. The van der Waals surface area contributed by atoms with Crippen LogP contribution in [0, 0.1) is 5.92 Å². The molecule has 0 spiro atoms. The van der Waals surface area contributed by atoms with Crippen molar-refractivity contribution in [3.05, 3.63) is 29.6 Å². The Hall–Kier alpha value is -0.890. The van der Waals surface area contributed by atoms with Gasteiger partial charge in [0.25, 0.3) is 0 Å². The van der Waals surface area contributed by atoms with Gasteiger partial charge in [0.2, 0.25) is 0 Å². The van der Waals surface area contributed by atoms with E-state index in [1.165, 1.54) is 36.9 Å². The van der Waals surface area contributed by atoms with Crippen LogP contribution < -0.4 is 5.32 Å². The molecule has 1 aromatic rings. The molecule has 2 nitrogen and oxygen atoms in total. The average molecular weight is 174 g/mol. The maximum absolute atomic E-state index is 4.18. The first-order chi connectivity index (χ1) is 6.45. The van der Waals surface area contributed by atoms with Gasteiger partial charge in [-0.25, -0.2) is 0 Å². The zero-order valence-corrected chi connectivity index (χ0v) is 7.66. The lowest BCUT2D eigenvalue weighted by Gasteiger charge is -2.27. The molecule has 2 aliphatic rings. The van der Waals surface area contributed by atoms with Gasteiger partial charge >= 0.3 is 0 Å². The van der Waals surface area contributed by atoms with Gasteiger partial charge in [-0.3, -0.25) is 4.98 Å². The highest BCUT2D eigenvalue weighted by atomic mass is 15.0. The molecule has 0 amide bonds. The molecule has 1 N–H and O–H groups in total. The minimum atomic E-state index is 0.631. The Kier molecular flexibility index (Phi) is 1.62. The summed E-state index contributed by atoms with van der Waals surface area (Å²) in [7, 11) is 0. The maximum atomic E-state index is 4.18. The van der Waals surface area contributed by atoms with E-state index >= 15 is 0 Å². The van der Waals surface area contributed by atoms with E-state index in [9.17, 15) is 0 Å². The third-order valence-electron chi connectivity index (χ3n) is 3.41. The molecule has 1 fully saturated rings. The summed E-state index contributed by atoms with van der Waals surface area (Å²) < 4.78 is 0. The molecular formula is C11H14N2. The zero-order valence-electron chi connectivity index (χ0n) is 7.66. The number of fused-ring (bicyclic) bond motifs is 3. The molecule has 1 saturated heterocycles. The van der Waals surface area contributed by atoms with Crippen LogP contribution in [-0.4, -0.2) is 11.5 Å². The second kappa shape index (κ2) is 2.81.